The van der Waals surface area contributed by atoms with E-state index in [1.807, 2.05) is 18.2 Å². The molecule has 0 aliphatic carbocycles. The quantitative estimate of drug-likeness (QED) is 0.786. The fraction of sp³-hybridized carbons (Fsp3) is 0.188. The Balaban J connectivity index is 2.28. The van der Waals surface area contributed by atoms with Crippen LogP contribution in [-0.4, -0.2) is 20.0 Å². The van der Waals surface area contributed by atoms with Crippen LogP contribution in [0.3, 0.4) is 0 Å². The number of hydrogen-bond donors (Lipinski definition) is 0. The van der Waals surface area contributed by atoms with Gasteiger partial charge in [0.05, 0.1) is 19.2 Å². The number of ketones is 1. The summed E-state index contributed by atoms with van der Waals surface area (Å²) < 4.78 is 10.4. The molecule has 0 aromatic heterocycles. The maximum Gasteiger partial charge on any atom is 0.179 e. The molecule has 0 saturated carbocycles. The molecule has 0 N–H and O–H groups in total. The van der Waals surface area contributed by atoms with Crippen LogP contribution in [0.15, 0.2) is 42.5 Å². The van der Waals surface area contributed by atoms with Crippen molar-refractivity contribution in [2.75, 3.05) is 14.2 Å². The number of benzene rings is 2. The summed E-state index contributed by atoms with van der Waals surface area (Å²) in [5, 5.41) is 0.413. The highest BCUT2D eigenvalue weighted by molar-refractivity contribution is 6.33. The van der Waals surface area contributed by atoms with Crippen LogP contribution in [-0.2, 0) is 6.42 Å². The van der Waals surface area contributed by atoms with E-state index in [-0.39, 0.29) is 12.2 Å². The summed E-state index contributed by atoms with van der Waals surface area (Å²) in [6, 6.07) is 12.7. The van der Waals surface area contributed by atoms with E-state index < -0.39 is 0 Å². The van der Waals surface area contributed by atoms with Crippen molar-refractivity contribution < 1.29 is 14.3 Å². The number of Topliss-reactive ketones (excluding diaryl/α,β-unsaturated/α-hetero) is 1. The molecule has 0 saturated heterocycles. The molecule has 3 nitrogen and oxygen atoms in total. The number of ether oxygens (including phenoxy) is 2. The highest BCUT2D eigenvalue weighted by atomic mass is 35.5. The fourth-order valence-electron chi connectivity index (χ4n) is 1.97. The van der Waals surface area contributed by atoms with Gasteiger partial charge in [0.15, 0.2) is 17.3 Å². The van der Waals surface area contributed by atoms with Gasteiger partial charge >= 0.3 is 0 Å². The average Bonchev–Trinajstić information content (AvgIpc) is 2.49. The van der Waals surface area contributed by atoms with Crippen LogP contribution in [0.5, 0.6) is 11.5 Å². The molecule has 2 aromatic carbocycles. The molecule has 0 aliphatic heterocycles. The normalized spacial score (nSPS) is 10.2. The minimum absolute atomic E-state index is 0.0136. The summed E-state index contributed by atoms with van der Waals surface area (Å²) in [6.07, 6.45) is 0.225. The highest BCUT2D eigenvalue weighted by Gasteiger charge is 2.16. The van der Waals surface area contributed by atoms with Crippen LogP contribution in [0.2, 0.25) is 5.02 Å². The largest absolute Gasteiger partial charge is 0.493 e. The van der Waals surface area contributed by atoms with E-state index >= 15 is 0 Å². The zero-order chi connectivity index (χ0) is 14.5. The molecule has 104 valence electrons. The maximum absolute atomic E-state index is 12.2. The lowest BCUT2D eigenvalue weighted by Crippen LogP contribution is -2.04. The van der Waals surface area contributed by atoms with Crippen molar-refractivity contribution in [1.29, 1.82) is 0 Å². The molecule has 0 unspecified atom stereocenters. The first-order chi connectivity index (χ1) is 9.67. The Labute approximate surface area is 123 Å². The van der Waals surface area contributed by atoms with E-state index in [9.17, 15) is 4.79 Å². The predicted molar refractivity (Wildman–Crippen MR) is 79.0 cm³/mol. The van der Waals surface area contributed by atoms with Crippen LogP contribution < -0.4 is 9.47 Å². The Morgan fingerprint density at radius 3 is 2.35 bits per heavy atom. The molecule has 0 aliphatic rings. The van der Waals surface area contributed by atoms with Crippen molar-refractivity contribution in [3.8, 4) is 11.5 Å². The number of halogens is 1. The van der Waals surface area contributed by atoms with Gasteiger partial charge in [0, 0.05) is 12.0 Å². The van der Waals surface area contributed by atoms with Gasteiger partial charge in [-0.2, -0.15) is 0 Å². The lowest BCUT2D eigenvalue weighted by atomic mass is 10.0. The summed E-state index contributed by atoms with van der Waals surface area (Å²) in [5.41, 5.74) is 1.39. The second-order valence-electron chi connectivity index (χ2n) is 4.24. The van der Waals surface area contributed by atoms with Crippen LogP contribution in [0.1, 0.15) is 15.9 Å². The molecule has 0 radical (unpaired) electrons. The molecule has 0 heterocycles. The van der Waals surface area contributed by atoms with Crippen molar-refractivity contribution in [2.24, 2.45) is 0 Å². The monoisotopic (exact) mass is 290 g/mol. The highest BCUT2D eigenvalue weighted by Crippen LogP contribution is 2.37. The SMILES string of the molecule is COc1ccc(CC(=O)c2ccccc2)c(Cl)c1OC. The standard InChI is InChI=1S/C16H15ClO3/c1-19-14-9-8-12(15(17)16(14)20-2)10-13(18)11-6-4-3-5-7-11/h3-9H,10H2,1-2H3. The summed E-state index contributed by atoms with van der Waals surface area (Å²) in [6.45, 7) is 0. The van der Waals surface area contributed by atoms with Gasteiger partial charge in [-0.25, -0.2) is 0 Å². The molecule has 0 spiro atoms. The predicted octanol–water partition coefficient (Wildman–Crippen LogP) is 3.78. The Morgan fingerprint density at radius 1 is 1.05 bits per heavy atom. The zero-order valence-electron chi connectivity index (χ0n) is 11.4. The van der Waals surface area contributed by atoms with E-state index in [1.54, 1.807) is 31.4 Å². The van der Waals surface area contributed by atoms with E-state index in [4.69, 9.17) is 21.1 Å². The van der Waals surface area contributed by atoms with Crippen molar-refractivity contribution in [2.45, 2.75) is 6.42 Å². The molecule has 4 heteroatoms. The lowest BCUT2D eigenvalue weighted by molar-refractivity contribution is 0.0993. The molecule has 20 heavy (non-hydrogen) atoms. The van der Waals surface area contributed by atoms with Gasteiger partial charge in [-0.3, -0.25) is 4.79 Å². The summed E-state index contributed by atoms with van der Waals surface area (Å²) >= 11 is 6.27. The minimum Gasteiger partial charge on any atom is -0.493 e. The molecule has 2 aromatic rings. The topological polar surface area (TPSA) is 35.5 Å². The zero-order valence-corrected chi connectivity index (χ0v) is 12.1. The number of methoxy groups -OCH3 is 2. The van der Waals surface area contributed by atoms with E-state index in [2.05, 4.69) is 0 Å². The molecule has 0 fully saturated rings. The molecular weight excluding hydrogens is 276 g/mol. The third-order valence-electron chi connectivity index (χ3n) is 3.01. The minimum atomic E-state index is 0.0136. The van der Waals surface area contributed by atoms with Crippen molar-refractivity contribution >= 4 is 17.4 Å². The second kappa shape index (κ2) is 6.44. The van der Waals surface area contributed by atoms with E-state index in [1.165, 1.54) is 7.11 Å². The Hall–Kier alpha value is -2.00. The second-order valence-corrected chi connectivity index (χ2v) is 4.62. The van der Waals surface area contributed by atoms with Gasteiger partial charge in [0.1, 0.15) is 0 Å². The maximum atomic E-state index is 12.2. The van der Waals surface area contributed by atoms with E-state index in [0.29, 0.717) is 22.1 Å². The van der Waals surface area contributed by atoms with Crippen molar-refractivity contribution in [3.63, 3.8) is 0 Å². The number of rotatable bonds is 5. The smallest absolute Gasteiger partial charge is 0.179 e. The molecule has 0 bridgehead atoms. The van der Waals surface area contributed by atoms with Gasteiger partial charge in [0.2, 0.25) is 0 Å². The van der Waals surface area contributed by atoms with Crippen LogP contribution in [0.25, 0.3) is 0 Å². The molecule has 0 atom stereocenters. The molecular formula is C16H15ClO3. The number of hydrogen-bond acceptors (Lipinski definition) is 3. The Kier molecular flexibility index (Phi) is 4.64. The van der Waals surface area contributed by atoms with Gasteiger partial charge < -0.3 is 9.47 Å². The summed E-state index contributed by atoms with van der Waals surface area (Å²) in [7, 11) is 3.06. The van der Waals surface area contributed by atoms with Crippen molar-refractivity contribution in [1.82, 2.24) is 0 Å². The first-order valence-electron chi connectivity index (χ1n) is 6.15. The molecule has 2 rings (SSSR count). The van der Waals surface area contributed by atoms with Crippen molar-refractivity contribution in [3.05, 3.63) is 58.6 Å². The van der Waals surface area contributed by atoms with Gasteiger partial charge in [-0.15, -0.1) is 0 Å². The van der Waals surface area contributed by atoms with Gasteiger partial charge in [-0.1, -0.05) is 48.0 Å². The fourth-order valence-corrected chi connectivity index (χ4v) is 2.27. The van der Waals surface area contributed by atoms with Crippen LogP contribution >= 0.6 is 11.6 Å². The Morgan fingerprint density at radius 2 is 1.75 bits per heavy atom. The van der Waals surface area contributed by atoms with Gasteiger partial charge in [0.25, 0.3) is 0 Å². The third-order valence-corrected chi connectivity index (χ3v) is 3.43. The number of carbonyl (C=O) groups excluding carboxylic acids is 1. The molecule has 0 amide bonds. The summed E-state index contributed by atoms with van der Waals surface area (Å²) in [5.74, 6) is 1.01. The first-order valence-corrected chi connectivity index (χ1v) is 6.52. The lowest BCUT2D eigenvalue weighted by Gasteiger charge is -2.12. The Bertz CT molecular complexity index is 609. The average molecular weight is 291 g/mol. The van der Waals surface area contributed by atoms with Crippen LogP contribution in [0.4, 0.5) is 0 Å². The van der Waals surface area contributed by atoms with Crippen LogP contribution in [0, 0.1) is 0 Å². The van der Waals surface area contributed by atoms with Gasteiger partial charge in [-0.05, 0) is 11.6 Å². The van der Waals surface area contributed by atoms with E-state index in [0.717, 1.165) is 5.56 Å². The first kappa shape index (κ1) is 14.4. The third kappa shape index (κ3) is 2.94. The summed E-state index contributed by atoms with van der Waals surface area (Å²) in [4.78, 5) is 12.2. The number of carbonyl (C=O) groups is 1.